The van der Waals surface area contributed by atoms with E-state index in [0.29, 0.717) is 0 Å². The van der Waals surface area contributed by atoms with Gasteiger partial charge in [0.15, 0.2) is 0 Å². The highest BCUT2D eigenvalue weighted by atomic mass is 16.9. The SMILES string of the molecule is NC(=O)[CH]CO[N+](=O)[O-]. The van der Waals surface area contributed by atoms with Crippen LogP contribution in [0.1, 0.15) is 0 Å². The Bertz CT molecular complexity index is 109. The predicted molar refractivity (Wildman–Crippen MR) is 26.4 cm³/mol. The summed E-state index contributed by atoms with van der Waals surface area (Å²) in [5, 5.41) is 8.39. The van der Waals surface area contributed by atoms with Gasteiger partial charge in [-0.05, 0) is 0 Å². The Balaban J connectivity index is 3.10. The highest BCUT2D eigenvalue weighted by Gasteiger charge is 1.97. The highest BCUT2D eigenvalue weighted by Crippen LogP contribution is 1.78. The average molecular weight is 133 g/mol. The van der Waals surface area contributed by atoms with E-state index in [2.05, 4.69) is 10.6 Å². The van der Waals surface area contributed by atoms with Gasteiger partial charge in [0.1, 0.15) is 6.61 Å². The number of carbonyl (C=O) groups excluding carboxylic acids is 1. The Labute approximate surface area is 50.7 Å². The molecule has 0 aliphatic rings. The first-order chi connectivity index (χ1) is 4.13. The molecule has 0 bridgehead atoms. The maximum absolute atomic E-state index is 9.84. The van der Waals surface area contributed by atoms with Crippen LogP contribution in [-0.2, 0) is 9.63 Å². The van der Waals surface area contributed by atoms with E-state index in [-0.39, 0.29) is 6.61 Å². The van der Waals surface area contributed by atoms with E-state index >= 15 is 0 Å². The van der Waals surface area contributed by atoms with Gasteiger partial charge in [-0.15, -0.1) is 10.1 Å². The summed E-state index contributed by atoms with van der Waals surface area (Å²) in [7, 11) is 0. The van der Waals surface area contributed by atoms with Crippen molar-refractivity contribution in [2.45, 2.75) is 0 Å². The van der Waals surface area contributed by atoms with Crippen LogP contribution < -0.4 is 5.73 Å². The van der Waals surface area contributed by atoms with Gasteiger partial charge in [-0.3, -0.25) is 4.79 Å². The molecule has 51 valence electrons. The molecule has 1 radical (unpaired) electrons. The molecule has 0 saturated heterocycles. The molecule has 0 saturated carbocycles. The van der Waals surface area contributed by atoms with Crippen molar-refractivity contribution in [3.05, 3.63) is 16.5 Å². The molecule has 0 aromatic carbocycles. The minimum atomic E-state index is -1.00. The van der Waals surface area contributed by atoms with Crippen molar-refractivity contribution in [1.29, 1.82) is 0 Å². The molecule has 0 atom stereocenters. The minimum absolute atomic E-state index is 0.387. The summed E-state index contributed by atoms with van der Waals surface area (Å²) in [6, 6.07) is 0. The summed E-state index contributed by atoms with van der Waals surface area (Å²) in [6.45, 7) is -0.387. The van der Waals surface area contributed by atoms with E-state index in [4.69, 9.17) is 0 Å². The first kappa shape index (κ1) is 7.67. The molecule has 0 aromatic rings. The Kier molecular flexibility index (Phi) is 3.11. The molecule has 0 aromatic heterocycles. The van der Waals surface area contributed by atoms with Gasteiger partial charge < -0.3 is 10.6 Å². The van der Waals surface area contributed by atoms with Crippen LogP contribution in [0.15, 0.2) is 0 Å². The summed E-state index contributed by atoms with van der Waals surface area (Å²) in [4.78, 5) is 23.0. The zero-order valence-corrected chi connectivity index (χ0v) is 4.44. The van der Waals surface area contributed by atoms with Crippen LogP contribution in [0.2, 0.25) is 0 Å². The van der Waals surface area contributed by atoms with Gasteiger partial charge in [-0.2, -0.15) is 0 Å². The summed E-state index contributed by atoms with van der Waals surface area (Å²) in [5.74, 6) is -0.739. The van der Waals surface area contributed by atoms with Crippen LogP contribution in [0, 0.1) is 16.5 Å². The fraction of sp³-hybridized carbons (Fsp3) is 0.333. The monoisotopic (exact) mass is 133 g/mol. The maximum atomic E-state index is 9.84. The standard InChI is InChI=1S/C3H5N2O4/c4-3(6)1-2-9-5(7)8/h1H,2H2,(H2,4,6). The number of nitrogens with two attached hydrogens (primary N) is 1. The Hall–Kier alpha value is -1.33. The van der Waals surface area contributed by atoms with Crippen LogP contribution in [0.3, 0.4) is 0 Å². The molecule has 2 N–H and O–H groups in total. The van der Waals surface area contributed by atoms with Crippen molar-refractivity contribution in [1.82, 2.24) is 0 Å². The Morgan fingerprint density at radius 2 is 2.44 bits per heavy atom. The summed E-state index contributed by atoms with van der Waals surface area (Å²) in [6.07, 6.45) is 0.864. The molecule has 0 rings (SSSR count). The lowest BCUT2D eigenvalue weighted by Crippen LogP contribution is -2.15. The van der Waals surface area contributed by atoms with Gasteiger partial charge in [0.2, 0.25) is 5.91 Å². The number of nitrogens with zero attached hydrogens (tertiary/aromatic N) is 1. The molecule has 9 heavy (non-hydrogen) atoms. The van der Waals surface area contributed by atoms with Gasteiger partial charge in [0, 0.05) is 0 Å². The first-order valence-electron chi connectivity index (χ1n) is 2.03. The molecule has 1 amide bonds. The van der Waals surface area contributed by atoms with Gasteiger partial charge in [-0.1, -0.05) is 0 Å². The third-order valence-electron chi connectivity index (χ3n) is 0.464. The van der Waals surface area contributed by atoms with E-state index in [1.165, 1.54) is 0 Å². The average Bonchev–Trinajstić information content (AvgIpc) is 1.63. The Morgan fingerprint density at radius 3 is 2.78 bits per heavy atom. The van der Waals surface area contributed by atoms with Crippen LogP contribution in [0.5, 0.6) is 0 Å². The van der Waals surface area contributed by atoms with Crippen molar-refractivity contribution in [2.24, 2.45) is 5.73 Å². The zero-order chi connectivity index (χ0) is 7.28. The Morgan fingerprint density at radius 1 is 1.89 bits per heavy atom. The van der Waals surface area contributed by atoms with Crippen LogP contribution in [0.25, 0.3) is 0 Å². The third-order valence-corrected chi connectivity index (χ3v) is 0.464. The molecule has 0 fully saturated rings. The molecule has 0 aliphatic heterocycles. The van der Waals surface area contributed by atoms with Crippen LogP contribution in [0.4, 0.5) is 0 Å². The predicted octanol–water partition coefficient (Wildman–Crippen LogP) is -1.12. The molecule has 0 aliphatic carbocycles. The molecular weight excluding hydrogens is 128 g/mol. The smallest absolute Gasteiger partial charge is 0.294 e. The van der Waals surface area contributed by atoms with Gasteiger partial charge in [0.25, 0.3) is 5.09 Å². The summed E-state index contributed by atoms with van der Waals surface area (Å²) >= 11 is 0. The third kappa shape index (κ3) is 6.67. The van der Waals surface area contributed by atoms with Crippen LogP contribution >= 0.6 is 0 Å². The lowest BCUT2D eigenvalue weighted by atomic mass is 10.4. The number of carbonyl (C=O) groups is 1. The lowest BCUT2D eigenvalue weighted by Gasteiger charge is -1.91. The summed E-state index contributed by atoms with van der Waals surface area (Å²) < 4.78 is 0. The van der Waals surface area contributed by atoms with Crippen molar-refractivity contribution >= 4 is 5.91 Å². The normalized spacial score (nSPS) is 8.44. The number of hydrogen-bond acceptors (Lipinski definition) is 4. The number of hydrogen-bond donors (Lipinski definition) is 1. The molecule has 0 unspecified atom stereocenters. The molecule has 0 spiro atoms. The van der Waals surface area contributed by atoms with Crippen molar-refractivity contribution < 1.29 is 14.7 Å². The lowest BCUT2D eigenvalue weighted by molar-refractivity contribution is -0.755. The van der Waals surface area contributed by atoms with Crippen molar-refractivity contribution in [3.8, 4) is 0 Å². The minimum Gasteiger partial charge on any atom is -0.369 e. The van der Waals surface area contributed by atoms with E-state index in [0.717, 1.165) is 6.42 Å². The number of rotatable bonds is 4. The van der Waals surface area contributed by atoms with Crippen LogP contribution in [-0.4, -0.2) is 17.6 Å². The zero-order valence-electron chi connectivity index (χ0n) is 4.44. The fourth-order valence-corrected chi connectivity index (χ4v) is 0.180. The second-order valence-electron chi connectivity index (χ2n) is 1.13. The molecular formula is C3H5N2O4. The van der Waals surface area contributed by atoms with E-state index in [1.807, 2.05) is 0 Å². The molecule has 0 heterocycles. The van der Waals surface area contributed by atoms with E-state index in [9.17, 15) is 14.9 Å². The van der Waals surface area contributed by atoms with Gasteiger partial charge in [0.05, 0.1) is 6.42 Å². The number of primary amides is 1. The van der Waals surface area contributed by atoms with Crippen molar-refractivity contribution in [2.75, 3.05) is 6.61 Å². The van der Waals surface area contributed by atoms with Gasteiger partial charge >= 0.3 is 0 Å². The van der Waals surface area contributed by atoms with E-state index < -0.39 is 11.0 Å². The largest absolute Gasteiger partial charge is 0.369 e. The molecule has 6 heteroatoms. The maximum Gasteiger partial charge on any atom is 0.294 e. The quantitative estimate of drug-likeness (QED) is 0.388. The van der Waals surface area contributed by atoms with E-state index in [1.54, 1.807) is 0 Å². The number of amides is 1. The van der Waals surface area contributed by atoms with Crippen molar-refractivity contribution in [3.63, 3.8) is 0 Å². The highest BCUT2D eigenvalue weighted by molar-refractivity contribution is 5.82. The summed E-state index contributed by atoms with van der Waals surface area (Å²) in [5.41, 5.74) is 4.58. The second-order valence-corrected chi connectivity index (χ2v) is 1.13. The fourth-order valence-electron chi connectivity index (χ4n) is 0.180. The second kappa shape index (κ2) is 3.65. The molecule has 6 nitrogen and oxygen atoms in total. The topological polar surface area (TPSA) is 95.5 Å². The van der Waals surface area contributed by atoms with Gasteiger partial charge in [-0.25, -0.2) is 0 Å². The first-order valence-corrected chi connectivity index (χ1v) is 2.03.